The Labute approximate surface area is 93.0 Å². The van der Waals surface area contributed by atoms with Crippen LogP contribution in [0.4, 0.5) is 0 Å². The van der Waals surface area contributed by atoms with Crippen LogP contribution in [-0.4, -0.2) is 10.9 Å². The third-order valence-corrected chi connectivity index (χ3v) is 2.64. The fraction of sp³-hybridized carbons (Fsp3) is 0.250. The lowest BCUT2D eigenvalue weighted by atomic mass is 10.2. The molecule has 1 aromatic rings. The van der Waals surface area contributed by atoms with Gasteiger partial charge in [-0.3, -0.25) is 9.78 Å². The highest BCUT2D eigenvalue weighted by molar-refractivity contribution is 9.08. The molecule has 2 N–H and O–H groups in total. The number of halogens is 2. The number of pyridine rings is 1. The molecule has 0 spiro atoms. The Kier molecular flexibility index (Phi) is 3.87. The van der Waals surface area contributed by atoms with Gasteiger partial charge < -0.3 is 5.73 Å². The minimum absolute atomic E-state index is 0.424. The molecule has 13 heavy (non-hydrogen) atoms. The van der Waals surface area contributed by atoms with Crippen molar-refractivity contribution < 1.29 is 4.79 Å². The molecular weight excluding hydrogens is 300 g/mol. The first kappa shape index (κ1) is 10.7. The van der Waals surface area contributed by atoms with E-state index in [-0.39, 0.29) is 0 Å². The average molecular weight is 308 g/mol. The molecule has 0 unspecified atom stereocenters. The number of hydrogen-bond acceptors (Lipinski definition) is 2. The van der Waals surface area contributed by atoms with Crippen molar-refractivity contribution in [2.24, 2.45) is 5.73 Å². The molecule has 0 atom stereocenters. The number of amides is 1. The monoisotopic (exact) mass is 306 g/mol. The van der Waals surface area contributed by atoms with Gasteiger partial charge in [-0.05, 0) is 12.1 Å². The third-order valence-electron chi connectivity index (χ3n) is 1.49. The van der Waals surface area contributed by atoms with Gasteiger partial charge in [0.25, 0.3) is 0 Å². The van der Waals surface area contributed by atoms with E-state index >= 15 is 0 Å². The summed E-state index contributed by atoms with van der Waals surface area (Å²) in [6, 6.07) is 3.37. The first-order valence-electron chi connectivity index (χ1n) is 3.59. The van der Waals surface area contributed by atoms with Gasteiger partial charge in [0.2, 0.25) is 5.91 Å². The minimum atomic E-state index is -0.424. The summed E-state index contributed by atoms with van der Waals surface area (Å²) in [5.41, 5.74) is 7.28. The van der Waals surface area contributed by atoms with Gasteiger partial charge in [0.05, 0.1) is 11.4 Å². The van der Waals surface area contributed by atoms with Crippen molar-refractivity contribution in [1.29, 1.82) is 0 Å². The van der Waals surface area contributed by atoms with Crippen molar-refractivity contribution in [3.63, 3.8) is 0 Å². The maximum Gasteiger partial charge on any atom is 0.248 e. The van der Waals surface area contributed by atoms with Crippen LogP contribution >= 0.6 is 31.9 Å². The molecule has 0 radical (unpaired) electrons. The SMILES string of the molecule is NC(=O)c1cc(CBr)nc(CBr)c1. The molecular formula is C8H8Br2N2O. The zero-order valence-corrected chi connectivity index (χ0v) is 9.93. The van der Waals surface area contributed by atoms with E-state index < -0.39 is 5.91 Å². The van der Waals surface area contributed by atoms with Gasteiger partial charge >= 0.3 is 0 Å². The lowest BCUT2D eigenvalue weighted by Crippen LogP contribution is -2.12. The van der Waals surface area contributed by atoms with Crippen LogP contribution in [0.1, 0.15) is 21.7 Å². The topological polar surface area (TPSA) is 56.0 Å². The zero-order chi connectivity index (χ0) is 9.84. The van der Waals surface area contributed by atoms with Gasteiger partial charge in [-0.1, -0.05) is 31.9 Å². The summed E-state index contributed by atoms with van der Waals surface area (Å²) in [6.07, 6.45) is 0. The summed E-state index contributed by atoms with van der Waals surface area (Å²) >= 11 is 6.55. The minimum Gasteiger partial charge on any atom is -0.366 e. The van der Waals surface area contributed by atoms with E-state index in [9.17, 15) is 4.79 Å². The van der Waals surface area contributed by atoms with E-state index in [0.29, 0.717) is 16.2 Å². The first-order chi connectivity index (χ1) is 6.17. The fourth-order valence-corrected chi connectivity index (χ4v) is 1.50. The van der Waals surface area contributed by atoms with E-state index in [1.807, 2.05) is 0 Å². The van der Waals surface area contributed by atoms with Crippen molar-refractivity contribution in [1.82, 2.24) is 4.98 Å². The predicted octanol–water partition coefficient (Wildman–Crippen LogP) is 1.97. The molecule has 1 heterocycles. The number of alkyl halides is 2. The molecule has 0 aliphatic rings. The summed E-state index contributed by atoms with van der Waals surface area (Å²) < 4.78 is 0. The van der Waals surface area contributed by atoms with Crippen LogP contribution in [0.2, 0.25) is 0 Å². The van der Waals surface area contributed by atoms with E-state index in [0.717, 1.165) is 11.4 Å². The second-order valence-corrected chi connectivity index (χ2v) is 3.59. The van der Waals surface area contributed by atoms with E-state index in [1.54, 1.807) is 12.1 Å². The second kappa shape index (κ2) is 4.72. The molecule has 0 bridgehead atoms. The van der Waals surface area contributed by atoms with Crippen LogP contribution in [0.25, 0.3) is 0 Å². The number of hydrogen-bond donors (Lipinski definition) is 1. The van der Waals surface area contributed by atoms with Crippen LogP contribution in [0.15, 0.2) is 12.1 Å². The maximum atomic E-state index is 10.9. The number of nitrogens with two attached hydrogens (primary N) is 1. The number of carbonyl (C=O) groups is 1. The van der Waals surface area contributed by atoms with Crippen LogP contribution in [0.5, 0.6) is 0 Å². The number of nitrogens with zero attached hydrogens (tertiary/aromatic N) is 1. The lowest BCUT2D eigenvalue weighted by molar-refractivity contribution is 0.1000. The summed E-state index contributed by atoms with van der Waals surface area (Å²) in [5, 5.41) is 1.24. The van der Waals surface area contributed by atoms with Crippen molar-refractivity contribution >= 4 is 37.8 Å². The number of primary amides is 1. The molecule has 0 aromatic carbocycles. The van der Waals surface area contributed by atoms with Gasteiger partial charge in [-0.2, -0.15) is 0 Å². The van der Waals surface area contributed by atoms with Crippen LogP contribution < -0.4 is 5.73 Å². The molecule has 5 heteroatoms. The van der Waals surface area contributed by atoms with Crippen molar-refractivity contribution in [3.05, 3.63) is 29.1 Å². The van der Waals surface area contributed by atoms with E-state index in [1.165, 1.54) is 0 Å². The Hall–Kier alpha value is -0.420. The van der Waals surface area contributed by atoms with E-state index in [2.05, 4.69) is 36.8 Å². The predicted molar refractivity (Wildman–Crippen MR) is 58.0 cm³/mol. The molecule has 1 amide bonds. The first-order valence-corrected chi connectivity index (χ1v) is 5.83. The molecule has 3 nitrogen and oxygen atoms in total. The molecule has 70 valence electrons. The van der Waals surface area contributed by atoms with Gasteiger partial charge in [0, 0.05) is 16.2 Å². The Balaban J connectivity index is 3.14. The second-order valence-electron chi connectivity index (χ2n) is 2.47. The lowest BCUT2D eigenvalue weighted by Gasteiger charge is -2.02. The van der Waals surface area contributed by atoms with Crippen molar-refractivity contribution in [2.75, 3.05) is 0 Å². The summed E-state index contributed by atoms with van der Waals surface area (Å²) in [6.45, 7) is 0. The Morgan fingerprint density at radius 3 is 2.08 bits per heavy atom. The van der Waals surface area contributed by atoms with Gasteiger partial charge in [0.15, 0.2) is 0 Å². The van der Waals surface area contributed by atoms with Gasteiger partial charge in [0.1, 0.15) is 0 Å². The van der Waals surface area contributed by atoms with Gasteiger partial charge in [-0.15, -0.1) is 0 Å². The number of aromatic nitrogens is 1. The third kappa shape index (κ3) is 2.77. The maximum absolute atomic E-state index is 10.9. The molecule has 0 saturated heterocycles. The molecule has 1 aromatic heterocycles. The molecule has 0 aliphatic heterocycles. The highest BCUT2D eigenvalue weighted by Crippen LogP contribution is 2.11. The quantitative estimate of drug-likeness (QED) is 0.868. The standard InChI is InChI=1S/C8H8Br2N2O/c9-3-6-1-5(8(11)13)2-7(4-10)12-6/h1-2H,3-4H2,(H2,11,13). The van der Waals surface area contributed by atoms with Crippen LogP contribution in [-0.2, 0) is 10.7 Å². The molecule has 0 fully saturated rings. The smallest absolute Gasteiger partial charge is 0.248 e. The van der Waals surface area contributed by atoms with Crippen molar-refractivity contribution in [3.8, 4) is 0 Å². The number of rotatable bonds is 3. The highest BCUT2D eigenvalue weighted by atomic mass is 79.9. The fourth-order valence-electron chi connectivity index (χ4n) is 0.929. The van der Waals surface area contributed by atoms with E-state index in [4.69, 9.17) is 5.73 Å². The van der Waals surface area contributed by atoms with Crippen LogP contribution in [0.3, 0.4) is 0 Å². The summed E-state index contributed by atoms with van der Waals surface area (Å²) in [7, 11) is 0. The summed E-state index contributed by atoms with van der Waals surface area (Å²) in [4.78, 5) is 15.2. The zero-order valence-electron chi connectivity index (χ0n) is 6.76. The molecule has 1 rings (SSSR count). The highest BCUT2D eigenvalue weighted by Gasteiger charge is 2.05. The molecule has 0 saturated carbocycles. The largest absolute Gasteiger partial charge is 0.366 e. The molecule has 0 aliphatic carbocycles. The Morgan fingerprint density at radius 1 is 1.31 bits per heavy atom. The number of carbonyl (C=O) groups excluding carboxylic acids is 1. The normalized spacial score (nSPS) is 10.0. The Bertz CT molecular complexity index is 306. The van der Waals surface area contributed by atoms with Crippen LogP contribution in [0, 0.1) is 0 Å². The average Bonchev–Trinajstić information content (AvgIpc) is 2.16. The van der Waals surface area contributed by atoms with Crippen molar-refractivity contribution in [2.45, 2.75) is 10.7 Å². The summed E-state index contributed by atoms with van der Waals surface area (Å²) in [5.74, 6) is -0.424. The van der Waals surface area contributed by atoms with Gasteiger partial charge in [-0.25, -0.2) is 0 Å². The Morgan fingerprint density at radius 2 is 1.77 bits per heavy atom.